The van der Waals surface area contributed by atoms with Crippen molar-refractivity contribution in [2.75, 3.05) is 12.9 Å². The zero-order valence-electron chi connectivity index (χ0n) is 17.7. The SMILES string of the molecule is COCc1nnc(SCC(=O)NC(c2ccccc2)c2ccccc2)n1-c1ccccc1. The molecular formula is C25H24N4O2S. The number of rotatable bonds is 9. The largest absolute Gasteiger partial charge is 0.377 e. The Morgan fingerprint density at radius 3 is 2.03 bits per heavy atom. The Labute approximate surface area is 191 Å². The van der Waals surface area contributed by atoms with Crippen molar-refractivity contribution in [3.05, 3.63) is 108 Å². The third kappa shape index (κ3) is 5.25. The highest BCUT2D eigenvalue weighted by Crippen LogP contribution is 2.24. The first-order chi connectivity index (χ1) is 15.8. The maximum absolute atomic E-state index is 12.9. The number of methoxy groups -OCH3 is 1. The van der Waals surface area contributed by atoms with Gasteiger partial charge in [-0.2, -0.15) is 0 Å². The van der Waals surface area contributed by atoms with E-state index in [1.165, 1.54) is 11.8 Å². The molecule has 32 heavy (non-hydrogen) atoms. The number of carbonyl (C=O) groups excluding carboxylic acids is 1. The van der Waals surface area contributed by atoms with E-state index >= 15 is 0 Å². The third-order valence-electron chi connectivity index (χ3n) is 4.89. The Morgan fingerprint density at radius 2 is 1.47 bits per heavy atom. The van der Waals surface area contributed by atoms with Gasteiger partial charge in [-0.05, 0) is 23.3 Å². The maximum atomic E-state index is 12.9. The van der Waals surface area contributed by atoms with Gasteiger partial charge in [0, 0.05) is 12.8 Å². The van der Waals surface area contributed by atoms with Crippen LogP contribution < -0.4 is 5.32 Å². The average molecular weight is 445 g/mol. The van der Waals surface area contributed by atoms with E-state index in [0.717, 1.165) is 16.8 Å². The van der Waals surface area contributed by atoms with Crippen molar-refractivity contribution in [3.63, 3.8) is 0 Å². The molecule has 0 radical (unpaired) electrons. The molecule has 4 aromatic rings. The molecule has 4 rings (SSSR count). The monoisotopic (exact) mass is 444 g/mol. The predicted octanol–water partition coefficient (Wildman–Crippen LogP) is 4.41. The van der Waals surface area contributed by atoms with E-state index in [9.17, 15) is 4.79 Å². The van der Waals surface area contributed by atoms with Crippen LogP contribution in [0.15, 0.2) is 96.2 Å². The summed E-state index contributed by atoms with van der Waals surface area (Å²) >= 11 is 1.35. The summed E-state index contributed by atoms with van der Waals surface area (Å²) < 4.78 is 7.19. The average Bonchev–Trinajstić information content (AvgIpc) is 3.25. The lowest BCUT2D eigenvalue weighted by Crippen LogP contribution is -2.30. The van der Waals surface area contributed by atoms with Gasteiger partial charge in [-0.3, -0.25) is 9.36 Å². The van der Waals surface area contributed by atoms with Crippen LogP contribution >= 0.6 is 11.8 Å². The molecule has 1 N–H and O–H groups in total. The van der Waals surface area contributed by atoms with Crippen molar-refractivity contribution in [2.24, 2.45) is 0 Å². The molecule has 0 unspecified atom stereocenters. The summed E-state index contributed by atoms with van der Waals surface area (Å²) in [6, 6.07) is 29.5. The molecule has 0 atom stereocenters. The Hall–Kier alpha value is -3.42. The predicted molar refractivity (Wildman–Crippen MR) is 126 cm³/mol. The van der Waals surface area contributed by atoms with Gasteiger partial charge in [-0.25, -0.2) is 0 Å². The third-order valence-corrected chi connectivity index (χ3v) is 5.82. The van der Waals surface area contributed by atoms with Gasteiger partial charge in [0.25, 0.3) is 0 Å². The molecule has 0 spiro atoms. The lowest BCUT2D eigenvalue weighted by Gasteiger charge is -2.20. The smallest absolute Gasteiger partial charge is 0.231 e. The minimum atomic E-state index is -0.221. The van der Waals surface area contributed by atoms with Gasteiger partial charge in [0.2, 0.25) is 5.91 Å². The Balaban J connectivity index is 1.51. The van der Waals surface area contributed by atoms with Crippen molar-refractivity contribution in [1.29, 1.82) is 0 Å². The number of hydrogen-bond acceptors (Lipinski definition) is 5. The molecule has 0 fully saturated rings. The molecular weight excluding hydrogens is 420 g/mol. The highest BCUT2D eigenvalue weighted by Gasteiger charge is 2.19. The summed E-state index contributed by atoms with van der Waals surface area (Å²) in [5.41, 5.74) is 3.00. The van der Waals surface area contributed by atoms with E-state index in [4.69, 9.17) is 4.74 Å². The summed E-state index contributed by atoms with van der Waals surface area (Å²) in [7, 11) is 1.62. The molecule has 0 bridgehead atoms. The standard InChI is InChI=1S/C25H24N4O2S/c1-31-17-22-27-28-25(29(22)21-15-9-4-10-16-21)32-18-23(30)26-24(19-11-5-2-6-12-19)20-13-7-3-8-14-20/h2-16,24H,17-18H2,1H3,(H,26,30). The second-order valence-corrected chi connectivity index (χ2v) is 8.06. The summed E-state index contributed by atoms with van der Waals surface area (Å²) in [6.45, 7) is 0.332. The number of nitrogens with one attached hydrogen (secondary N) is 1. The molecule has 1 aromatic heterocycles. The highest BCUT2D eigenvalue weighted by molar-refractivity contribution is 7.99. The van der Waals surface area contributed by atoms with Crippen LogP contribution in [0.3, 0.4) is 0 Å². The van der Waals surface area contributed by atoms with Crippen molar-refractivity contribution < 1.29 is 9.53 Å². The van der Waals surface area contributed by atoms with Crippen LogP contribution in [0.5, 0.6) is 0 Å². The highest BCUT2D eigenvalue weighted by atomic mass is 32.2. The van der Waals surface area contributed by atoms with Crippen LogP contribution in [0.2, 0.25) is 0 Å². The molecule has 1 heterocycles. The number of nitrogens with zero attached hydrogens (tertiary/aromatic N) is 3. The van der Waals surface area contributed by atoms with E-state index in [2.05, 4.69) is 15.5 Å². The number of carbonyl (C=O) groups is 1. The first-order valence-corrected chi connectivity index (χ1v) is 11.3. The second kappa shape index (κ2) is 10.7. The molecule has 162 valence electrons. The quantitative estimate of drug-likeness (QED) is 0.387. The van der Waals surface area contributed by atoms with Gasteiger partial charge in [0.1, 0.15) is 6.61 Å². The van der Waals surface area contributed by atoms with Crippen molar-refractivity contribution in [1.82, 2.24) is 20.1 Å². The van der Waals surface area contributed by atoms with Gasteiger partial charge in [-0.15, -0.1) is 10.2 Å². The lowest BCUT2D eigenvalue weighted by molar-refractivity contribution is -0.119. The molecule has 6 nitrogen and oxygen atoms in total. The maximum Gasteiger partial charge on any atom is 0.231 e. The van der Waals surface area contributed by atoms with Gasteiger partial charge < -0.3 is 10.1 Å². The number of amides is 1. The van der Waals surface area contributed by atoms with Crippen LogP contribution in [-0.2, 0) is 16.1 Å². The normalized spacial score (nSPS) is 10.9. The van der Waals surface area contributed by atoms with Gasteiger partial charge >= 0.3 is 0 Å². The van der Waals surface area contributed by atoms with Crippen molar-refractivity contribution >= 4 is 17.7 Å². The van der Waals surface area contributed by atoms with Crippen molar-refractivity contribution in [2.45, 2.75) is 17.8 Å². The fraction of sp³-hybridized carbons (Fsp3) is 0.160. The Morgan fingerprint density at radius 1 is 0.906 bits per heavy atom. The Bertz CT molecular complexity index is 1100. The second-order valence-electron chi connectivity index (χ2n) is 7.11. The van der Waals surface area contributed by atoms with Crippen molar-refractivity contribution in [3.8, 4) is 5.69 Å². The van der Waals surface area contributed by atoms with E-state index in [-0.39, 0.29) is 17.7 Å². The van der Waals surface area contributed by atoms with Gasteiger partial charge in [0.05, 0.1) is 11.8 Å². The number of ether oxygens (including phenoxy) is 1. The molecule has 7 heteroatoms. The number of aromatic nitrogens is 3. The minimum absolute atomic E-state index is 0.0800. The molecule has 0 aliphatic carbocycles. The van der Waals surface area contributed by atoms with E-state index in [1.807, 2.05) is 95.6 Å². The van der Waals surface area contributed by atoms with Crippen LogP contribution in [0, 0.1) is 0 Å². The topological polar surface area (TPSA) is 69.0 Å². The summed E-state index contributed by atoms with van der Waals surface area (Å²) in [4.78, 5) is 12.9. The fourth-order valence-electron chi connectivity index (χ4n) is 3.44. The van der Waals surface area contributed by atoms with E-state index < -0.39 is 0 Å². The van der Waals surface area contributed by atoms with Gasteiger partial charge in [-0.1, -0.05) is 90.6 Å². The lowest BCUT2D eigenvalue weighted by atomic mass is 9.99. The minimum Gasteiger partial charge on any atom is -0.377 e. The number of thioether (sulfide) groups is 1. The molecule has 1 amide bonds. The van der Waals surface area contributed by atoms with Crippen LogP contribution in [0.4, 0.5) is 0 Å². The van der Waals surface area contributed by atoms with E-state index in [0.29, 0.717) is 17.6 Å². The molecule has 0 saturated carbocycles. The summed E-state index contributed by atoms with van der Waals surface area (Å²) in [6.07, 6.45) is 0. The summed E-state index contributed by atoms with van der Waals surface area (Å²) in [5, 5.41) is 12.4. The molecule has 0 saturated heterocycles. The number of para-hydroxylation sites is 1. The number of hydrogen-bond donors (Lipinski definition) is 1. The zero-order chi connectivity index (χ0) is 22.2. The van der Waals surface area contributed by atoms with Gasteiger partial charge in [0.15, 0.2) is 11.0 Å². The fourth-order valence-corrected chi connectivity index (χ4v) is 4.22. The Kier molecular flexibility index (Phi) is 7.32. The molecule has 0 aliphatic rings. The number of benzene rings is 3. The van der Waals surface area contributed by atoms with Crippen LogP contribution in [0.25, 0.3) is 5.69 Å². The van der Waals surface area contributed by atoms with Crippen LogP contribution in [-0.4, -0.2) is 33.5 Å². The zero-order valence-corrected chi connectivity index (χ0v) is 18.5. The van der Waals surface area contributed by atoms with Crippen LogP contribution in [0.1, 0.15) is 23.0 Å². The molecule has 3 aromatic carbocycles. The molecule has 0 aliphatic heterocycles. The first kappa shape index (κ1) is 21.8. The van der Waals surface area contributed by atoms with E-state index in [1.54, 1.807) is 7.11 Å². The summed E-state index contributed by atoms with van der Waals surface area (Å²) in [5.74, 6) is 0.824. The first-order valence-electron chi connectivity index (χ1n) is 10.3.